The number of aliphatic imine (C=N–C) groups is 1. The molecule has 1 aliphatic carbocycles. The summed E-state index contributed by atoms with van der Waals surface area (Å²) >= 11 is 5.88. The first-order valence-corrected chi connectivity index (χ1v) is 8.86. The second-order valence-corrected chi connectivity index (χ2v) is 6.91. The Morgan fingerprint density at radius 3 is 2.62 bits per heavy atom. The molecule has 0 atom stereocenters. The van der Waals surface area contributed by atoms with Gasteiger partial charge >= 0.3 is 0 Å². The molecule has 6 nitrogen and oxygen atoms in total. The van der Waals surface area contributed by atoms with Crippen LogP contribution in [0.4, 0.5) is 0 Å². The number of benzene rings is 1. The highest BCUT2D eigenvalue weighted by Crippen LogP contribution is 2.27. The normalized spacial score (nSPS) is 15.8. The van der Waals surface area contributed by atoms with Gasteiger partial charge in [-0.1, -0.05) is 11.6 Å². The van der Waals surface area contributed by atoms with Crippen LogP contribution in [0.5, 0.6) is 0 Å². The Morgan fingerprint density at radius 2 is 1.92 bits per heavy atom. The molecular formula is C19H20ClN3O3. The summed E-state index contributed by atoms with van der Waals surface area (Å²) in [6.45, 7) is 1.49. The van der Waals surface area contributed by atoms with E-state index in [1.54, 1.807) is 24.3 Å². The summed E-state index contributed by atoms with van der Waals surface area (Å²) in [4.78, 5) is 35.6. The van der Waals surface area contributed by atoms with Gasteiger partial charge in [0.15, 0.2) is 11.5 Å². The van der Waals surface area contributed by atoms with Crippen LogP contribution >= 0.6 is 11.6 Å². The Balaban J connectivity index is 1.76. The largest absolute Gasteiger partial charge is 0.432 e. The molecule has 0 aliphatic heterocycles. The molecule has 0 fully saturated rings. The van der Waals surface area contributed by atoms with Crippen LogP contribution in [0, 0.1) is 0 Å². The van der Waals surface area contributed by atoms with E-state index < -0.39 is 0 Å². The molecule has 0 N–H and O–H groups in total. The van der Waals surface area contributed by atoms with Gasteiger partial charge in [0.25, 0.3) is 0 Å². The van der Waals surface area contributed by atoms with Gasteiger partial charge in [-0.25, -0.2) is 4.98 Å². The number of fused-ring (bicyclic) bond motifs is 1. The lowest BCUT2D eigenvalue weighted by Crippen LogP contribution is -2.26. The summed E-state index contributed by atoms with van der Waals surface area (Å²) in [7, 11) is 4.03. The zero-order valence-corrected chi connectivity index (χ0v) is 15.5. The molecule has 7 heteroatoms. The van der Waals surface area contributed by atoms with Crippen molar-refractivity contribution in [3.8, 4) is 11.5 Å². The number of hydrogen-bond acceptors (Lipinski definition) is 6. The number of carbonyl (C=O) groups is 2. The first-order chi connectivity index (χ1) is 12.5. The number of oxazole rings is 1. The average Bonchev–Trinajstić information content (AvgIpc) is 3.05. The monoisotopic (exact) mass is 373 g/mol. The predicted octanol–water partition coefficient (Wildman–Crippen LogP) is 3.55. The number of aromatic nitrogens is 1. The van der Waals surface area contributed by atoms with Gasteiger partial charge in [-0.2, -0.15) is 0 Å². The summed E-state index contributed by atoms with van der Waals surface area (Å²) in [5.41, 5.74) is 1.00. The van der Waals surface area contributed by atoms with Gasteiger partial charge in [-0.3, -0.25) is 14.6 Å². The van der Waals surface area contributed by atoms with Crippen molar-refractivity contribution in [2.45, 2.75) is 19.3 Å². The molecule has 0 saturated carbocycles. The third kappa shape index (κ3) is 4.08. The van der Waals surface area contributed by atoms with E-state index in [4.69, 9.17) is 16.0 Å². The zero-order chi connectivity index (χ0) is 18.7. The van der Waals surface area contributed by atoms with E-state index in [9.17, 15) is 9.59 Å². The fraction of sp³-hybridized carbons (Fsp3) is 0.368. The van der Waals surface area contributed by atoms with Crippen LogP contribution in [0.2, 0.25) is 5.02 Å². The lowest BCUT2D eigenvalue weighted by atomic mass is 9.97. The molecule has 1 aliphatic rings. The molecule has 0 radical (unpaired) electrons. The molecule has 0 amide bonds. The van der Waals surface area contributed by atoms with Crippen LogP contribution in [0.3, 0.4) is 0 Å². The Kier molecular flexibility index (Phi) is 5.64. The Hall–Kier alpha value is -2.31. The number of hydrogen-bond donors (Lipinski definition) is 0. The summed E-state index contributed by atoms with van der Waals surface area (Å²) in [6, 6.07) is 6.86. The van der Waals surface area contributed by atoms with Crippen LogP contribution in [0.15, 0.2) is 33.7 Å². The second-order valence-electron chi connectivity index (χ2n) is 6.47. The highest BCUT2D eigenvalue weighted by molar-refractivity contribution is 6.51. The van der Waals surface area contributed by atoms with Crippen molar-refractivity contribution in [1.82, 2.24) is 9.88 Å². The molecule has 0 saturated heterocycles. The minimum absolute atomic E-state index is 0.0155. The maximum atomic E-state index is 12.6. The molecule has 1 aromatic carbocycles. The predicted molar refractivity (Wildman–Crippen MR) is 100 cm³/mol. The number of Topliss-reactive ketones (excluding diaryl/α,β-unsaturated/α-hetero) is 2. The summed E-state index contributed by atoms with van der Waals surface area (Å²) in [5.74, 6) is -0.366. The molecule has 1 heterocycles. The molecule has 0 spiro atoms. The van der Waals surface area contributed by atoms with E-state index in [1.807, 2.05) is 14.1 Å². The van der Waals surface area contributed by atoms with Gasteiger partial charge in [-0.05, 0) is 57.7 Å². The third-order valence-electron chi connectivity index (χ3n) is 4.09. The molecule has 1 aromatic heterocycles. The Bertz CT molecular complexity index is 853. The fourth-order valence-electron chi connectivity index (χ4n) is 2.71. The summed E-state index contributed by atoms with van der Waals surface area (Å²) in [5, 5.41) is 0.584. The van der Waals surface area contributed by atoms with Gasteiger partial charge in [0.1, 0.15) is 0 Å². The quantitative estimate of drug-likeness (QED) is 0.724. The van der Waals surface area contributed by atoms with Gasteiger partial charge in [0, 0.05) is 17.1 Å². The van der Waals surface area contributed by atoms with Crippen LogP contribution in [-0.4, -0.2) is 54.3 Å². The molecule has 2 aromatic rings. The van der Waals surface area contributed by atoms with Crippen LogP contribution in [-0.2, 0) is 0 Å². The van der Waals surface area contributed by atoms with E-state index in [1.165, 1.54) is 0 Å². The third-order valence-corrected chi connectivity index (χ3v) is 4.35. The maximum absolute atomic E-state index is 12.6. The maximum Gasteiger partial charge on any atom is 0.244 e. The van der Waals surface area contributed by atoms with E-state index in [0.717, 1.165) is 19.4 Å². The molecule has 3 rings (SSSR count). The minimum atomic E-state index is -0.347. The van der Waals surface area contributed by atoms with Crippen molar-refractivity contribution < 1.29 is 14.0 Å². The number of rotatable bonds is 6. The van der Waals surface area contributed by atoms with Crippen LogP contribution in [0.1, 0.15) is 40.3 Å². The van der Waals surface area contributed by atoms with E-state index in [-0.39, 0.29) is 41.0 Å². The highest BCUT2D eigenvalue weighted by Gasteiger charge is 2.35. The number of unbranched alkanes of at least 4 members (excludes halogenated alkanes) is 1. The summed E-state index contributed by atoms with van der Waals surface area (Å²) in [6.07, 6.45) is 1.83. The Morgan fingerprint density at radius 1 is 1.19 bits per heavy atom. The van der Waals surface area contributed by atoms with E-state index in [0.29, 0.717) is 17.1 Å². The SMILES string of the molecule is CN(C)CCCCN=C1CC(=O)c2nc(-c3ccc(Cl)cc3)oc2C1=O. The smallest absolute Gasteiger partial charge is 0.244 e. The fourth-order valence-corrected chi connectivity index (χ4v) is 2.83. The number of carbonyl (C=O) groups excluding carboxylic acids is 2. The Labute approximate surface area is 156 Å². The number of halogens is 1. The lowest BCUT2D eigenvalue weighted by Gasteiger charge is -2.10. The zero-order valence-electron chi connectivity index (χ0n) is 14.8. The molecule has 136 valence electrons. The minimum Gasteiger partial charge on any atom is -0.432 e. The second kappa shape index (κ2) is 7.93. The molecule has 26 heavy (non-hydrogen) atoms. The molecule has 0 bridgehead atoms. The van der Waals surface area contributed by atoms with Crippen LogP contribution in [0.25, 0.3) is 11.5 Å². The van der Waals surface area contributed by atoms with E-state index >= 15 is 0 Å². The van der Waals surface area contributed by atoms with Gasteiger partial charge in [0.2, 0.25) is 17.4 Å². The molecule has 0 unspecified atom stereocenters. The number of nitrogens with zero attached hydrogens (tertiary/aromatic N) is 3. The summed E-state index contributed by atoms with van der Waals surface area (Å²) < 4.78 is 5.59. The van der Waals surface area contributed by atoms with Crippen molar-refractivity contribution in [1.29, 1.82) is 0 Å². The van der Waals surface area contributed by atoms with Crippen molar-refractivity contribution in [3.63, 3.8) is 0 Å². The molecular weight excluding hydrogens is 354 g/mol. The average molecular weight is 374 g/mol. The lowest BCUT2D eigenvalue weighted by molar-refractivity contribution is 0.0949. The first-order valence-electron chi connectivity index (χ1n) is 8.48. The van der Waals surface area contributed by atoms with Gasteiger partial charge in [0.05, 0.1) is 12.1 Å². The van der Waals surface area contributed by atoms with E-state index in [2.05, 4.69) is 14.9 Å². The number of ketones is 2. The van der Waals surface area contributed by atoms with Crippen molar-refractivity contribution in [2.24, 2.45) is 4.99 Å². The van der Waals surface area contributed by atoms with Crippen LogP contribution < -0.4 is 0 Å². The van der Waals surface area contributed by atoms with Crippen molar-refractivity contribution in [2.75, 3.05) is 27.2 Å². The van der Waals surface area contributed by atoms with Gasteiger partial charge in [-0.15, -0.1) is 0 Å². The van der Waals surface area contributed by atoms with Crippen molar-refractivity contribution in [3.05, 3.63) is 40.7 Å². The topological polar surface area (TPSA) is 75.8 Å². The first kappa shape index (κ1) is 18.5. The van der Waals surface area contributed by atoms with Gasteiger partial charge < -0.3 is 9.32 Å². The van der Waals surface area contributed by atoms with Crippen molar-refractivity contribution >= 4 is 28.9 Å². The standard InChI is InChI=1S/C19H20ClN3O3/c1-23(2)10-4-3-9-21-14-11-15(24)16-18(17(14)25)26-19(22-16)12-5-7-13(20)8-6-12/h5-8H,3-4,9-11H2,1-2H3. The highest BCUT2D eigenvalue weighted by atomic mass is 35.5.